The van der Waals surface area contributed by atoms with Crippen molar-refractivity contribution in [2.75, 3.05) is 0 Å². The molecule has 0 amide bonds. The molecule has 16 heteroatoms. The summed E-state index contributed by atoms with van der Waals surface area (Å²) in [6.45, 7) is 11.8. The van der Waals surface area contributed by atoms with Crippen LogP contribution in [0.2, 0.25) is 13.1 Å². The zero-order chi connectivity index (χ0) is 51.9. The molecule has 0 bridgehead atoms. The molecule has 8 aromatic rings. The van der Waals surface area contributed by atoms with Gasteiger partial charge in [0.1, 0.15) is 0 Å². The van der Waals surface area contributed by atoms with E-state index < -0.39 is 67.8 Å². The van der Waals surface area contributed by atoms with E-state index in [4.69, 9.17) is 17.0 Å². The summed E-state index contributed by atoms with van der Waals surface area (Å²) >= 11 is -0.826. The fourth-order valence-electron chi connectivity index (χ4n) is 8.00. The van der Waals surface area contributed by atoms with Crippen molar-refractivity contribution in [2.24, 2.45) is 0 Å². The van der Waals surface area contributed by atoms with Gasteiger partial charge in [-0.05, 0) is 70.5 Å². The summed E-state index contributed by atoms with van der Waals surface area (Å²) in [6.07, 6.45) is -19.6. The van der Waals surface area contributed by atoms with E-state index in [-0.39, 0.29) is 35.1 Å². The summed E-state index contributed by atoms with van der Waals surface area (Å²) < 4.78 is 162. The Hall–Kier alpha value is -4.62. The van der Waals surface area contributed by atoms with E-state index in [1.54, 1.807) is 12.1 Å². The molecule has 0 atom stereocenters. The predicted molar refractivity (Wildman–Crippen MR) is 258 cm³/mol. The number of hydrogen-bond acceptors (Lipinski definition) is 0. The first-order valence-electron chi connectivity index (χ1n) is 21.4. The Morgan fingerprint density at radius 3 is 0.929 bits per heavy atom. The molecule has 0 saturated heterocycles. The van der Waals surface area contributed by atoms with E-state index in [1.165, 1.54) is 0 Å². The molecule has 0 heterocycles. The van der Waals surface area contributed by atoms with E-state index in [9.17, 15) is 52.7 Å². The molecule has 0 aliphatic carbocycles. The Labute approximate surface area is 419 Å². The quantitative estimate of drug-likeness (QED) is 0.0884. The van der Waals surface area contributed by atoms with Crippen LogP contribution in [0.1, 0.15) is 72.9 Å². The minimum absolute atomic E-state index is 0.0911. The van der Waals surface area contributed by atoms with Gasteiger partial charge >= 0.3 is 62.6 Å². The monoisotopic (exact) mass is 1110 g/mol. The third kappa shape index (κ3) is 13.9. The van der Waals surface area contributed by atoms with Crippen molar-refractivity contribution in [1.29, 1.82) is 0 Å². The van der Waals surface area contributed by atoms with Gasteiger partial charge in [-0.3, -0.25) is 0 Å². The fourth-order valence-corrected chi connectivity index (χ4v) is 8.00. The number of halogens is 14. The molecule has 0 spiro atoms. The SMILES string of the molecule is CC(C)c1ccc2[cH-]c(-c3ccccc3)cc2c1-c1cc(C(F)(F)F)cc(C(F)(F)F)c1.CC(C)c1ccc2[cH-]c(-c3ccccc3)cc2c1-c1cc(C(F)(F)F)cc(C(F)(F)F)c1.C[Si]C.[Cl][Zr+2][Cl]. The number of benzene rings is 6. The topological polar surface area (TPSA) is 0 Å². The maximum atomic E-state index is 13.5. The molecular weight excluding hydrogens is 1070 g/mol. The summed E-state index contributed by atoms with van der Waals surface area (Å²) in [5, 5.41) is 2.77. The van der Waals surface area contributed by atoms with Gasteiger partial charge in [-0.15, -0.1) is 69.1 Å². The first-order chi connectivity index (χ1) is 32.7. The van der Waals surface area contributed by atoms with E-state index in [0.717, 1.165) is 66.8 Å². The van der Waals surface area contributed by atoms with Crippen LogP contribution in [0.5, 0.6) is 0 Å². The van der Waals surface area contributed by atoms with Crippen LogP contribution in [0.4, 0.5) is 52.7 Å². The predicted octanol–water partition coefficient (Wildman–Crippen LogP) is 20.3. The molecule has 70 heavy (non-hydrogen) atoms. The number of fused-ring (bicyclic) bond motifs is 2. The first-order valence-corrected chi connectivity index (χ1v) is 29.8. The van der Waals surface area contributed by atoms with Gasteiger partial charge in [-0.2, -0.15) is 52.7 Å². The van der Waals surface area contributed by atoms with Crippen LogP contribution >= 0.6 is 17.0 Å². The second kappa shape index (κ2) is 23.3. The van der Waals surface area contributed by atoms with Gasteiger partial charge in [0.25, 0.3) is 0 Å². The number of hydrogen-bond donors (Lipinski definition) is 0. The van der Waals surface area contributed by atoms with Gasteiger partial charge in [0.2, 0.25) is 0 Å². The van der Waals surface area contributed by atoms with E-state index in [1.807, 2.05) is 125 Å². The van der Waals surface area contributed by atoms with Crippen molar-refractivity contribution < 1.29 is 73.5 Å². The van der Waals surface area contributed by atoms with Crippen molar-refractivity contribution in [1.82, 2.24) is 0 Å². The summed E-state index contributed by atoms with van der Waals surface area (Å²) in [5.41, 5.74) is 0.273. The Morgan fingerprint density at radius 1 is 0.414 bits per heavy atom. The van der Waals surface area contributed by atoms with Crippen LogP contribution in [0.3, 0.4) is 0 Å². The molecule has 0 unspecified atom stereocenters. The van der Waals surface area contributed by atoms with Crippen molar-refractivity contribution >= 4 is 48.1 Å². The molecule has 366 valence electrons. The van der Waals surface area contributed by atoms with Gasteiger partial charge < -0.3 is 0 Å². The van der Waals surface area contributed by atoms with Gasteiger partial charge in [0.05, 0.1) is 22.3 Å². The summed E-state index contributed by atoms with van der Waals surface area (Å²) in [7, 11) is 11.0. The minimum atomic E-state index is -4.90. The van der Waals surface area contributed by atoms with Crippen LogP contribution in [0.15, 0.2) is 146 Å². The zero-order valence-corrected chi connectivity index (χ0v) is 43.3. The van der Waals surface area contributed by atoms with Gasteiger partial charge in [0.15, 0.2) is 0 Å². The second-order valence-electron chi connectivity index (χ2n) is 16.8. The van der Waals surface area contributed by atoms with Crippen LogP contribution in [-0.2, 0) is 45.6 Å². The molecule has 0 saturated carbocycles. The fraction of sp³-hybridized carbons (Fsp3) is 0.222. The molecule has 8 aromatic carbocycles. The molecule has 0 fully saturated rings. The summed E-state index contributed by atoms with van der Waals surface area (Å²) in [5.74, 6) is -0.207. The Balaban J connectivity index is 0.000000235. The van der Waals surface area contributed by atoms with Gasteiger partial charge in [-0.25, -0.2) is 0 Å². The van der Waals surface area contributed by atoms with Crippen molar-refractivity contribution in [3.63, 3.8) is 0 Å². The Morgan fingerprint density at radius 2 is 0.686 bits per heavy atom. The molecule has 0 aliphatic rings. The number of rotatable bonds is 6. The average molecular weight is 1110 g/mol. The van der Waals surface area contributed by atoms with Crippen LogP contribution in [0, 0.1) is 0 Å². The Bertz CT molecular complexity index is 2710. The molecule has 0 nitrogen and oxygen atoms in total. The third-order valence-electron chi connectivity index (χ3n) is 11.1. The van der Waals surface area contributed by atoms with Gasteiger partial charge in [0, 0.05) is 9.52 Å². The third-order valence-corrected chi connectivity index (χ3v) is 11.1. The van der Waals surface area contributed by atoms with Crippen LogP contribution in [0.25, 0.3) is 66.1 Å². The normalized spacial score (nSPS) is 12.0. The van der Waals surface area contributed by atoms with Crippen LogP contribution in [-0.4, -0.2) is 9.52 Å². The summed E-state index contributed by atoms with van der Waals surface area (Å²) in [4.78, 5) is 0. The molecule has 0 aromatic heterocycles. The average Bonchev–Trinajstić information content (AvgIpc) is 3.94. The van der Waals surface area contributed by atoms with E-state index in [2.05, 4.69) is 13.1 Å². The van der Waals surface area contributed by atoms with E-state index in [0.29, 0.717) is 33.0 Å². The molecular formula is C54H44Cl2F12SiZr. The first kappa shape index (κ1) is 56.3. The van der Waals surface area contributed by atoms with Gasteiger partial charge in [-0.1, -0.05) is 136 Å². The van der Waals surface area contributed by atoms with E-state index >= 15 is 0 Å². The van der Waals surface area contributed by atoms with Crippen LogP contribution < -0.4 is 0 Å². The molecule has 0 N–H and O–H groups in total. The number of alkyl halides is 12. The molecule has 0 aliphatic heterocycles. The van der Waals surface area contributed by atoms with Crippen molar-refractivity contribution in [3.8, 4) is 44.5 Å². The zero-order valence-electron chi connectivity index (χ0n) is 38.3. The summed E-state index contributed by atoms with van der Waals surface area (Å²) in [6, 6.07) is 37.2. The molecule has 8 rings (SSSR count). The standard InChI is InChI=1S/2C26H19F6.C2H6Si.2ClH.Zr/c2*1-15(2)22-9-8-17-10-18(16-6-4-3-5-7-16)13-23(17)24(22)19-11-20(25(27,28)29)14-21(12-19)26(30,31)32;1-3-2;;;/h2*3-15H,1-2H3;1-2H3;2*1H;/q2*-1;;;;+4/p-2. The Kier molecular flexibility index (Phi) is 18.7. The maximum absolute atomic E-state index is 13.5. The van der Waals surface area contributed by atoms with Crippen molar-refractivity contribution in [2.45, 2.75) is 77.3 Å². The molecule has 2 radical (unpaired) electrons. The second-order valence-corrected chi connectivity index (χ2v) is 21.5. The van der Waals surface area contributed by atoms with Crippen molar-refractivity contribution in [3.05, 3.63) is 179 Å².